The number of hydrogen-bond acceptors (Lipinski definition) is 6. The highest BCUT2D eigenvalue weighted by Crippen LogP contribution is 2.17. The van der Waals surface area contributed by atoms with Gasteiger partial charge in [0.15, 0.2) is 0 Å². The molecule has 0 radical (unpaired) electrons. The molecule has 1 aromatic heterocycles. The molecule has 108 valence electrons. The van der Waals surface area contributed by atoms with Crippen molar-refractivity contribution in [3.05, 3.63) is 11.8 Å². The van der Waals surface area contributed by atoms with Gasteiger partial charge in [0, 0.05) is 27.1 Å². The van der Waals surface area contributed by atoms with Crippen LogP contribution in [0.15, 0.2) is 4.42 Å². The Hall–Kier alpha value is -0.980. The predicted octanol–water partition coefficient (Wildman–Crippen LogP) is 0.826. The number of hydrogen-bond donors (Lipinski definition) is 1. The number of rotatable bonds is 7. The van der Waals surface area contributed by atoms with Gasteiger partial charge < -0.3 is 14.5 Å². The highest BCUT2D eigenvalue weighted by molar-refractivity contribution is 4.82. The summed E-state index contributed by atoms with van der Waals surface area (Å²) in [6.45, 7) is 7.58. The zero-order chi connectivity index (χ0) is 13.5. The number of aryl methyl sites for hydroxylation is 1. The Morgan fingerprint density at radius 3 is 3.11 bits per heavy atom. The largest absolute Gasteiger partial charge is 0.424 e. The van der Waals surface area contributed by atoms with Crippen LogP contribution in [0.2, 0.25) is 0 Å². The van der Waals surface area contributed by atoms with Gasteiger partial charge >= 0.3 is 0 Å². The molecule has 0 bridgehead atoms. The highest BCUT2D eigenvalue weighted by atomic mass is 16.5. The molecule has 1 N–H and O–H groups in total. The van der Waals surface area contributed by atoms with Crippen LogP contribution in [0.25, 0.3) is 0 Å². The van der Waals surface area contributed by atoms with Crippen LogP contribution in [0.3, 0.4) is 0 Å². The minimum absolute atomic E-state index is 0.643. The molecule has 0 amide bonds. The van der Waals surface area contributed by atoms with Crippen LogP contribution in [0.1, 0.15) is 24.6 Å². The van der Waals surface area contributed by atoms with Gasteiger partial charge in [0.2, 0.25) is 11.8 Å². The van der Waals surface area contributed by atoms with Gasteiger partial charge in [-0.05, 0) is 31.8 Å². The van der Waals surface area contributed by atoms with Crippen LogP contribution in [0.4, 0.5) is 0 Å². The van der Waals surface area contributed by atoms with E-state index >= 15 is 0 Å². The van der Waals surface area contributed by atoms with Gasteiger partial charge in [-0.3, -0.25) is 4.90 Å². The molecule has 1 aromatic rings. The maximum atomic E-state index is 5.44. The lowest BCUT2D eigenvalue weighted by Crippen LogP contribution is -2.39. The van der Waals surface area contributed by atoms with E-state index in [2.05, 4.69) is 20.4 Å². The summed E-state index contributed by atoms with van der Waals surface area (Å²) in [5, 5.41) is 11.4. The number of nitrogens with zero attached hydrogens (tertiary/aromatic N) is 3. The van der Waals surface area contributed by atoms with Crippen LogP contribution in [0.5, 0.6) is 0 Å². The average molecular weight is 268 g/mol. The molecule has 1 atom stereocenters. The Morgan fingerprint density at radius 2 is 2.37 bits per heavy atom. The first-order chi connectivity index (χ1) is 9.28. The molecule has 6 nitrogen and oxygen atoms in total. The summed E-state index contributed by atoms with van der Waals surface area (Å²) in [5.41, 5.74) is 0. The molecule has 1 aliphatic rings. The van der Waals surface area contributed by atoms with E-state index in [0.29, 0.717) is 11.8 Å². The molecule has 0 aliphatic carbocycles. The van der Waals surface area contributed by atoms with Crippen LogP contribution >= 0.6 is 0 Å². The smallest absolute Gasteiger partial charge is 0.230 e. The zero-order valence-electron chi connectivity index (χ0n) is 11.9. The highest BCUT2D eigenvalue weighted by Gasteiger charge is 2.21. The van der Waals surface area contributed by atoms with Gasteiger partial charge in [-0.1, -0.05) is 0 Å². The van der Waals surface area contributed by atoms with Crippen molar-refractivity contribution in [3.8, 4) is 0 Å². The quantitative estimate of drug-likeness (QED) is 0.739. The molecule has 2 rings (SSSR count). The van der Waals surface area contributed by atoms with E-state index < -0.39 is 0 Å². The van der Waals surface area contributed by atoms with E-state index in [0.717, 1.165) is 45.2 Å². The standard InChI is InChI=1S/C13H24N4O2/c1-11-15-16-13(19-11)10-17-6-3-4-12(9-17)8-14-5-7-18-2/h12,14H,3-10H2,1-2H3. The minimum atomic E-state index is 0.643. The summed E-state index contributed by atoms with van der Waals surface area (Å²) in [4.78, 5) is 2.40. The first kappa shape index (κ1) is 14.4. The molecule has 0 saturated carbocycles. The molecule has 1 fully saturated rings. The number of nitrogens with one attached hydrogen (secondary N) is 1. The van der Waals surface area contributed by atoms with Gasteiger partial charge in [0.05, 0.1) is 13.2 Å². The molecular weight excluding hydrogens is 244 g/mol. The maximum absolute atomic E-state index is 5.44. The topological polar surface area (TPSA) is 63.4 Å². The van der Waals surface area contributed by atoms with Crippen molar-refractivity contribution in [3.63, 3.8) is 0 Å². The molecule has 6 heteroatoms. The third-order valence-corrected chi connectivity index (χ3v) is 3.45. The summed E-state index contributed by atoms with van der Waals surface area (Å²) in [6.07, 6.45) is 2.53. The summed E-state index contributed by atoms with van der Waals surface area (Å²) in [6, 6.07) is 0. The second-order valence-electron chi connectivity index (χ2n) is 5.16. The molecule has 2 heterocycles. The number of piperidine rings is 1. The second-order valence-corrected chi connectivity index (χ2v) is 5.16. The Morgan fingerprint density at radius 1 is 1.47 bits per heavy atom. The first-order valence-corrected chi connectivity index (χ1v) is 6.99. The van der Waals surface area contributed by atoms with Crippen molar-refractivity contribution in [2.24, 2.45) is 5.92 Å². The maximum Gasteiger partial charge on any atom is 0.230 e. The molecule has 0 spiro atoms. The minimum Gasteiger partial charge on any atom is -0.424 e. The summed E-state index contributed by atoms with van der Waals surface area (Å²) in [5.74, 6) is 2.07. The Kier molecular flexibility index (Phi) is 5.75. The molecular formula is C13H24N4O2. The normalized spacial score (nSPS) is 20.8. The molecule has 1 unspecified atom stereocenters. The van der Waals surface area contributed by atoms with E-state index in [1.165, 1.54) is 12.8 Å². The third-order valence-electron chi connectivity index (χ3n) is 3.45. The van der Waals surface area contributed by atoms with Crippen molar-refractivity contribution >= 4 is 0 Å². The van der Waals surface area contributed by atoms with Gasteiger partial charge in [-0.2, -0.15) is 0 Å². The number of aromatic nitrogens is 2. The fourth-order valence-electron chi connectivity index (χ4n) is 2.53. The number of methoxy groups -OCH3 is 1. The van der Waals surface area contributed by atoms with E-state index in [-0.39, 0.29) is 0 Å². The SMILES string of the molecule is COCCNCC1CCCN(Cc2nnc(C)o2)C1. The summed E-state index contributed by atoms with van der Waals surface area (Å²) < 4.78 is 10.5. The summed E-state index contributed by atoms with van der Waals surface area (Å²) >= 11 is 0. The van der Waals surface area contributed by atoms with E-state index in [9.17, 15) is 0 Å². The lowest BCUT2D eigenvalue weighted by atomic mass is 9.98. The van der Waals surface area contributed by atoms with Gasteiger partial charge in [-0.25, -0.2) is 0 Å². The first-order valence-electron chi connectivity index (χ1n) is 6.99. The van der Waals surface area contributed by atoms with Gasteiger partial charge in [0.25, 0.3) is 0 Å². The fraction of sp³-hybridized carbons (Fsp3) is 0.846. The summed E-state index contributed by atoms with van der Waals surface area (Å²) in [7, 11) is 1.73. The fourth-order valence-corrected chi connectivity index (χ4v) is 2.53. The number of ether oxygens (including phenoxy) is 1. The lowest BCUT2D eigenvalue weighted by molar-refractivity contribution is 0.148. The zero-order valence-corrected chi connectivity index (χ0v) is 11.9. The van der Waals surface area contributed by atoms with Crippen LogP contribution in [0, 0.1) is 12.8 Å². The lowest BCUT2D eigenvalue weighted by Gasteiger charge is -2.31. The van der Waals surface area contributed by atoms with Crippen molar-refractivity contribution in [1.82, 2.24) is 20.4 Å². The van der Waals surface area contributed by atoms with Crippen molar-refractivity contribution in [2.75, 3.05) is 39.9 Å². The Bertz CT molecular complexity index is 369. The van der Waals surface area contributed by atoms with E-state index in [1.54, 1.807) is 7.11 Å². The van der Waals surface area contributed by atoms with Crippen molar-refractivity contribution in [1.29, 1.82) is 0 Å². The van der Waals surface area contributed by atoms with Crippen LogP contribution < -0.4 is 5.32 Å². The molecule has 19 heavy (non-hydrogen) atoms. The molecule has 1 aliphatic heterocycles. The molecule has 1 saturated heterocycles. The van der Waals surface area contributed by atoms with Crippen molar-refractivity contribution < 1.29 is 9.15 Å². The van der Waals surface area contributed by atoms with E-state index in [1.807, 2.05) is 6.92 Å². The number of likely N-dealkylation sites (tertiary alicyclic amines) is 1. The molecule has 0 aromatic carbocycles. The Balaban J connectivity index is 1.71. The van der Waals surface area contributed by atoms with Gasteiger partial charge in [0.1, 0.15) is 0 Å². The van der Waals surface area contributed by atoms with Crippen LogP contribution in [-0.4, -0.2) is 55.0 Å². The third kappa shape index (κ3) is 4.89. The van der Waals surface area contributed by atoms with Crippen molar-refractivity contribution in [2.45, 2.75) is 26.3 Å². The van der Waals surface area contributed by atoms with Crippen LogP contribution in [-0.2, 0) is 11.3 Å². The second kappa shape index (κ2) is 7.57. The monoisotopic (exact) mass is 268 g/mol. The Labute approximate surface area is 114 Å². The van der Waals surface area contributed by atoms with Gasteiger partial charge in [-0.15, -0.1) is 10.2 Å². The van der Waals surface area contributed by atoms with E-state index in [4.69, 9.17) is 9.15 Å². The average Bonchev–Trinajstić information content (AvgIpc) is 2.81. The predicted molar refractivity (Wildman–Crippen MR) is 71.8 cm³/mol.